The number of hydrogen-bond donors (Lipinski definition) is 2. The minimum absolute atomic E-state index is 0.119. The first-order chi connectivity index (χ1) is 20.2. The van der Waals surface area contributed by atoms with Crippen molar-refractivity contribution in [1.82, 2.24) is 34.2 Å². The van der Waals surface area contributed by atoms with Gasteiger partial charge in [-0.05, 0) is 24.0 Å². The minimum Gasteiger partial charge on any atom is -0.453 e. The van der Waals surface area contributed by atoms with E-state index in [0.29, 0.717) is 46.2 Å². The van der Waals surface area contributed by atoms with Crippen molar-refractivity contribution in [3.63, 3.8) is 0 Å². The molecule has 12 nitrogen and oxygen atoms in total. The van der Waals surface area contributed by atoms with Crippen LogP contribution in [-0.2, 0) is 34.8 Å². The van der Waals surface area contributed by atoms with Gasteiger partial charge in [-0.15, -0.1) is 5.10 Å². The van der Waals surface area contributed by atoms with Gasteiger partial charge in [0.05, 0.1) is 53.1 Å². The molecule has 3 aliphatic rings. The lowest BCUT2D eigenvalue weighted by Crippen LogP contribution is -2.41. The molecule has 5 aromatic rings. The van der Waals surface area contributed by atoms with E-state index in [2.05, 4.69) is 20.4 Å². The van der Waals surface area contributed by atoms with Crippen molar-refractivity contribution in [1.29, 1.82) is 0 Å². The van der Waals surface area contributed by atoms with E-state index >= 15 is 4.39 Å². The number of benzene rings is 1. The second-order valence-corrected chi connectivity index (χ2v) is 10.9. The van der Waals surface area contributed by atoms with Gasteiger partial charge in [-0.1, -0.05) is 24.3 Å². The highest BCUT2D eigenvalue weighted by Crippen LogP contribution is 2.43. The van der Waals surface area contributed by atoms with E-state index in [1.165, 1.54) is 16.4 Å². The van der Waals surface area contributed by atoms with Crippen molar-refractivity contribution in [2.24, 2.45) is 14.1 Å². The van der Waals surface area contributed by atoms with Crippen LogP contribution in [0.3, 0.4) is 0 Å². The maximum Gasteiger partial charge on any atom is 0.407 e. The van der Waals surface area contributed by atoms with Gasteiger partial charge in [-0.3, -0.25) is 18.6 Å². The smallest absolute Gasteiger partial charge is 0.407 e. The van der Waals surface area contributed by atoms with Crippen molar-refractivity contribution in [3.05, 3.63) is 58.7 Å². The summed E-state index contributed by atoms with van der Waals surface area (Å²) < 4.78 is 30.7. The lowest BCUT2D eigenvalue weighted by molar-refractivity contribution is -0.125. The number of nitrogens with one attached hydrogen (secondary N) is 2. The summed E-state index contributed by atoms with van der Waals surface area (Å²) in [6, 6.07) is 6.60. The Labute approximate surface area is 238 Å². The van der Waals surface area contributed by atoms with Crippen molar-refractivity contribution < 1.29 is 23.5 Å². The van der Waals surface area contributed by atoms with E-state index in [9.17, 15) is 14.4 Å². The Balaban J connectivity index is 1.55. The minimum atomic E-state index is -0.646. The number of Topliss-reactive ketones (excluding diaryl/α,β-unsaturated/α-hetero) is 1. The Morgan fingerprint density at radius 3 is 2.69 bits per heavy atom. The van der Waals surface area contributed by atoms with Crippen LogP contribution in [0.4, 0.5) is 9.18 Å². The van der Waals surface area contributed by atoms with E-state index in [4.69, 9.17) is 9.47 Å². The maximum absolute atomic E-state index is 15.1. The van der Waals surface area contributed by atoms with Gasteiger partial charge in [-0.2, -0.15) is 4.39 Å². The van der Waals surface area contributed by atoms with Crippen LogP contribution in [0.25, 0.3) is 44.5 Å². The van der Waals surface area contributed by atoms with Gasteiger partial charge in [0.15, 0.2) is 5.78 Å². The summed E-state index contributed by atoms with van der Waals surface area (Å²) in [4.78, 5) is 46.9. The first-order valence-corrected chi connectivity index (χ1v) is 13.6. The van der Waals surface area contributed by atoms with Crippen molar-refractivity contribution in [2.75, 3.05) is 13.7 Å². The number of carbonyl (C=O) groups excluding carboxylic acids is 2. The fraction of sp³-hybridized carbons (Fsp3) is 0.345. The average Bonchev–Trinajstić information content (AvgIpc) is 3.70. The summed E-state index contributed by atoms with van der Waals surface area (Å²) in [5, 5.41) is 7.38. The van der Waals surface area contributed by atoms with Crippen LogP contribution in [0.2, 0.25) is 0 Å². The molecule has 4 aromatic heterocycles. The highest BCUT2D eigenvalue weighted by molar-refractivity contribution is 6.14. The molecule has 0 radical (unpaired) electrons. The molecular weight excluding hydrogens is 545 g/mol. The predicted molar refractivity (Wildman–Crippen MR) is 150 cm³/mol. The zero-order valence-electron chi connectivity index (χ0n) is 23.2. The molecule has 4 bridgehead atoms. The number of halogens is 1. The van der Waals surface area contributed by atoms with Crippen molar-refractivity contribution in [3.8, 4) is 22.4 Å². The van der Waals surface area contributed by atoms with E-state index in [-0.39, 0.29) is 36.1 Å². The molecule has 13 heteroatoms. The molecule has 2 aliphatic heterocycles. The number of methoxy groups -OCH3 is 1. The highest BCUT2D eigenvalue weighted by Gasteiger charge is 2.40. The number of aryl methyl sites for hydroxylation is 2. The predicted octanol–water partition coefficient (Wildman–Crippen LogP) is 2.99. The number of amides is 1. The van der Waals surface area contributed by atoms with Crippen LogP contribution < -0.4 is 11.0 Å². The molecule has 1 amide bonds. The zero-order valence-corrected chi connectivity index (χ0v) is 23.2. The number of nitrogens with zero attached hydrogens (tertiary/aromatic N) is 5. The molecule has 1 aromatic carbocycles. The number of ether oxygens (including phenoxy) is 2. The van der Waals surface area contributed by atoms with E-state index < -0.39 is 24.2 Å². The summed E-state index contributed by atoms with van der Waals surface area (Å²) >= 11 is 0. The lowest BCUT2D eigenvalue weighted by Gasteiger charge is -2.20. The normalized spacial score (nSPS) is 20.4. The summed E-state index contributed by atoms with van der Waals surface area (Å²) in [5.41, 5.74) is 4.40. The number of carbonyl (C=O) groups is 2. The van der Waals surface area contributed by atoms with Gasteiger partial charge in [0.2, 0.25) is 5.95 Å². The fourth-order valence-corrected chi connectivity index (χ4v) is 6.44. The highest BCUT2D eigenvalue weighted by atomic mass is 19.1. The number of pyridine rings is 1. The molecule has 0 unspecified atom stereocenters. The van der Waals surface area contributed by atoms with E-state index in [1.807, 2.05) is 24.3 Å². The molecule has 6 heterocycles. The van der Waals surface area contributed by atoms with Crippen LogP contribution in [0.5, 0.6) is 0 Å². The Morgan fingerprint density at radius 1 is 1.19 bits per heavy atom. The number of alkyl carbamates (subject to hydrolysis) is 1. The van der Waals surface area contributed by atoms with Gasteiger partial charge < -0.3 is 19.8 Å². The number of aromatic nitrogens is 6. The van der Waals surface area contributed by atoms with Gasteiger partial charge in [0.25, 0.3) is 0 Å². The number of imidazole rings is 1. The molecule has 1 aliphatic carbocycles. The van der Waals surface area contributed by atoms with Crippen molar-refractivity contribution in [2.45, 2.75) is 37.5 Å². The second-order valence-electron chi connectivity index (χ2n) is 10.9. The third kappa shape index (κ3) is 4.03. The maximum atomic E-state index is 15.1. The summed E-state index contributed by atoms with van der Waals surface area (Å²) in [6.45, 7) is -0.137. The van der Waals surface area contributed by atoms with E-state index in [0.717, 1.165) is 11.1 Å². The average molecular weight is 574 g/mol. The summed E-state index contributed by atoms with van der Waals surface area (Å²) in [6.07, 6.45) is 2.97. The Bertz CT molecular complexity index is 1950. The van der Waals surface area contributed by atoms with Crippen LogP contribution in [0.15, 0.2) is 41.5 Å². The zero-order chi connectivity index (χ0) is 29.3. The van der Waals surface area contributed by atoms with Crippen LogP contribution >= 0.6 is 0 Å². The first kappa shape index (κ1) is 26.1. The summed E-state index contributed by atoms with van der Waals surface area (Å²) in [7, 11) is 4.60. The molecule has 1 saturated carbocycles. The number of rotatable bonds is 2. The van der Waals surface area contributed by atoms with Gasteiger partial charge in [-0.25, -0.2) is 14.6 Å². The number of aromatic amines is 1. The molecular formula is C29H28FN7O5. The molecule has 2 N–H and O–H groups in total. The third-order valence-electron chi connectivity index (χ3n) is 8.36. The topological polar surface area (TPSA) is 138 Å². The number of ketones is 1. The quantitative estimate of drug-likeness (QED) is 0.331. The fourth-order valence-electron chi connectivity index (χ4n) is 6.44. The molecule has 3 atom stereocenters. The first-order valence-electron chi connectivity index (χ1n) is 13.6. The molecule has 1 fully saturated rings. The number of hydrogen-bond acceptors (Lipinski definition) is 7. The van der Waals surface area contributed by atoms with Crippen LogP contribution in [0.1, 0.15) is 24.4 Å². The van der Waals surface area contributed by atoms with Gasteiger partial charge in [0, 0.05) is 38.3 Å². The second kappa shape index (κ2) is 9.65. The van der Waals surface area contributed by atoms with Gasteiger partial charge in [0.1, 0.15) is 12.3 Å². The Morgan fingerprint density at radius 2 is 1.98 bits per heavy atom. The summed E-state index contributed by atoms with van der Waals surface area (Å²) in [5.74, 6) is -0.764. The van der Waals surface area contributed by atoms with Crippen molar-refractivity contribution >= 4 is 33.9 Å². The van der Waals surface area contributed by atoms with Gasteiger partial charge >= 0.3 is 11.8 Å². The SMILES string of the molecule is COC(=O)N[C@H]1C[C@H]2C[C@H]1OCC(=O)Cc1ccc(cc1)-c1c(-c3cn(C)nc3F)[nH]c3ncc4c(c13)n2c(=O)n4C. The largest absolute Gasteiger partial charge is 0.453 e. The molecule has 8 rings (SSSR count). The Hall–Kier alpha value is -4.78. The molecule has 216 valence electrons. The molecule has 42 heavy (non-hydrogen) atoms. The number of fused-ring (bicyclic) bond motifs is 5. The Kier molecular flexibility index (Phi) is 6.01. The standard InChI is InChI=1S/C29H28FN7O5/c1-35-12-18(26(30)34-35)24-22-15-6-4-14(5-7-15)8-17(38)13-42-21-10-16(9-19(21)32-28(39)41-3)37-25-20(36(2)29(37)40)11-31-27(33-24)23(22)25/h4-7,11-12,16,19,21H,8-10,13H2,1-3H3,(H,31,33)(H,32,39)/t16-,19-,21+/m0/s1. The third-order valence-corrected chi connectivity index (χ3v) is 8.36. The monoisotopic (exact) mass is 573 g/mol. The van der Waals surface area contributed by atoms with E-state index in [1.54, 1.807) is 31.1 Å². The van der Waals surface area contributed by atoms with Crippen LogP contribution in [0, 0.1) is 5.95 Å². The lowest BCUT2D eigenvalue weighted by atomic mass is 9.97. The molecule has 0 saturated heterocycles. The molecule has 0 spiro atoms. The van der Waals surface area contributed by atoms with Crippen LogP contribution in [-0.4, -0.2) is 66.6 Å². The number of H-pyrrole nitrogens is 1.